The number of hydrogen-bond acceptors (Lipinski definition) is 7. The molecule has 2 saturated heterocycles. The number of carbonyl (C=O) groups is 5. The van der Waals surface area contributed by atoms with Crippen LogP contribution < -0.4 is 10.6 Å². The van der Waals surface area contributed by atoms with E-state index in [0.717, 1.165) is 29.1 Å². The number of rotatable bonds is 3. The van der Waals surface area contributed by atoms with Crippen molar-refractivity contribution < 1.29 is 28.7 Å². The number of nitrogens with zero attached hydrogens (tertiary/aromatic N) is 2. The highest BCUT2D eigenvalue weighted by molar-refractivity contribution is 6.24. The number of piperidine rings is 1. The molecule has 2 unspecified atom stereocenters. The molecule has 0 aromatic heterocycles. The van der Waals surface area contributed by atoms with Gasteiger partial charge in [0.25, 0.3) is 11.8 Å². The highest BCUT2D eigenvalue weighted by atomic mass is 16.6. The van der Waals surface area contributed by atoms with Crippen molar-refractivity contribution >= 4 is 35.4 Å². The fourth-order valence-electron chi connectivity index (χ4n) is 6.01. The van der Waals surface area contributed by atoms with E-state index in [4.69, 9.17) is 4.74 Å². The molecule has 4 heterocycles. The maximum Gasteiger partial charge on any atom is 0.412 e. The second kappa shape index (κ2) is 8.81. The number of anilines is 1. The SMILES string of the molecule is O=C1CCC(N2C(=O)c3cccc(CN4CCCC5(CC4)OC(=O)Nc4ccccc45)c3C2=O)C(=O)N1. The van der Waals surface area contributed by atoms with E-state index in [1.807, 2.05) is 30.3 Å². The average Bonchev–Trinajstić information content (AvgIpc) is 3.00. The van der Waals surface area contributed by atoms with Crippen molar-refractivity contribution in [1.29, 1.82) is 0 Å². The summed E-state index contributed by atoms with van der Waals surface area (Å²) in [5.74, 6) is -2.04. The summed E-state index contributed by atoms with van der Waals surface area (Å²) in [6, 6.07) is 11.9. The first-order valence-corrected chi connectivity index (χ1v) is 12.5. The summed E-state index contributed by atoms with van der Waals surface area (Å²) in [5.41, 5.74) is 2.34. The monoisotopic (exact) mass is 502 g/mol. The van der Waals surface area contributed by atoms with Crippen LogP contribution in [0, 0.1) is 0 Å². The zero-order chi connectivity index (χ0) is 25.7. The van der Waals surface area contributed by atoms with Crippen LogP contribution in [-0.2, 0) is 26.5 Å². The van der Waals surface area contributed by atoms with Gasteiger partial charge in [-0.3, -0.25) is 39.6 Å². The molecule has 2 N–H and O–H groups in total. The van der Waals surface area contributed by atoms with E-state index in [0.29, 0.717) is 37.1 Å². The van der Waals surface area contributed by atoms with E-state index >= 15 is 0 Å². The molecule has 2 aromatic carbocycles. The molecule has 2 atom stereocenters. The van der Waals surface area contributed by atoms with Gasteiger partial charge in [0, 0.05) is 31.5 Å². The summed E-state index contributed by atoms with van der Waals surface area (Å²) in [4.78, 5) is 66.1. The van der Waals surface area contributed by atoms with Crippen LogP contribution in [0.4, 0.5) is 10.5 Å². The van der Waals surface area contributed by atoms with Crippen molar-refractivity contribution in [3.05, 3.63) is 64.7 Å². The summed E-state index contributed by atoms with van der Waals surface area (Å²) in [6.45, 7) is 1.80. The van der Waals surface area contributed by atoms with Crippen molar-refractivity contribution in [2.75, 3.05) is 18.4 Å². The first kappa shape index (κ1) is 23.4. The first-order chi connectivity index (χ1) is 17.9. The molecule has 5 amide bonds. The van der Waals surface area contributed by atoms with E-state index in [-0.39, 0.29) is 18.4 Å². The van der Waals surface area contributed by atoms with E-state index in [2.05, 4.69) is 15.5 Å². The van der Waals surface area contributed by atoms with Gasteiger partial charge in [-0.2, -0.15) is 0 Å². The van der Waals surface area contributed by atoms with E-state index in [9.17, 15) is 24.0 Å². The fourth-order valence-corrected chi connectivity index (χ4v) is 6.01. The zero-order valence-corrected chi connectivity index (χ0v) is 20.1. The fraction of sp³-hybridized carbons (Fsp3) is 0.370. The van der Waals surface area contributed by atoms with Crippen molar-refractivity contribution in [2.24, 2.45) is 0 Å². The molecule has 37 heavy (non-hydrogen) atoms. The third-order valence-corrected chi connectivity index (χ3v) is 7.78. The van der Waals surface area contributed by atoms with Gasteiger partial charge < -0.3 is 4.74 Å². The molecule has 10 nitrogen and oxygen atoms in total. The lowest BCUT2D eigenvalue weighted by Crippen LogP contribution is -2.54. The minimum atomic E-state index is -0.995. The van der Waals surface area contributed by atoms with Crippen LogP contribution in [0.5, 0.6) is 0 Å². The van der Waals surface area contributed by atoms with Crippen molar-refractivity contribution in [1.82, 2.24) is 15.1 Å². The average molecular weight is 503 g/mol. The van der Waals surface area contributed by atoms with Crippen molar-refractivity contribution in [3.8, 4) is 0 Å². The molecule has 10 heteroatoms. The van der Waals surface area contributed by atoms with Gasteiger partial charge in [0.15, 0.2) is 0 Å². The molecule has 4 aliphatic rings. The summed E-state index contributed by atoms with van der Waals surface area (Å²) in [7, 11) is 0. The Morgan fingerprint density at radius 3 is 2.59 bits per heavy atom. The predicted octanol–water partition coefficient (Wildman–Crippen LogP) is 2.53. The highest BCUT2D eigenvalue weighted by Gasteiger charge is 2.46. The number of imide groups is 2. The molecule has 6 rings (SSSR count). The second-order valence-electron chi connectivity index (χ2n) is 9.97. The Balaban J connectivity index is 1.23. The van der Waals surface area contributed by atoms with Gasteiger partial charge in [-0.25, -0.2) is 4.79 Å². The van der Waals surface area contributed by atoms with Crippen LogP contribution >= 0.6 is 0 Å². The number of likely N-dealkylation sites (tertiary alicyclic amines) is 1. The largest absolute Gasteiger partial charge is 0.438 e. The lowest BCUT2D eigenvalue weighted by molar-refractivity contribution is -0.136. The third-order valence-electron chi connectivity index (χ3n) is 7.78. The van der Waals surface area contributed by atoms with E-state index in [1.165, 1.54) is 0 Å². The standard InChI is InChI=1S/C27H26N4O6/c32-21-10-9-20(23(33)29-21)31-24(34)17-6-3-5-16(22(17)25(31)35)15-30-13-4-11-27(12-14-30)18-7-1-2-8-19(18)28-26(36)37-27/h1-3,5-8,20H,4,9-15H2,(H,28,36)(H,29,32,33). The smallest absolute Gasteiger partial charge is 0.412 e. The molecule has 1 spiro atoms. The third kappa shape index (κ3) is 3.88. The quantitative estimate of drug-likeness (QED) is 0.618. The second-order valence-corrected chi connectivity index (χ2v) is 9.97. The number of amides is 5. The molecule has 2 aromatic rings. The Morgan fingerprint density at radius 1 is 0.919 bits per heavy atom. The highest BCUT2D eigenvalue weighted by Crippen LogP contribution is 2.43. The lowest BCUT2D eigenvalue weighted by atomic mass is 9.84. The van der Waals surface area contributed by atoms with Crippen molar-refractivity contribution in [3.63, 3.8) is 0 Å². The van der Waals surface area contributed by atoms with Gasteiger partial charge in [-0.05, 0) is 43.5 Å². The molecule has 4 aliphatic heterocycles. The molecular weight excluding hydrogens is 476 g/mol. The number of para-hydroxylation sites is 1. The van der Waals surface area contributed by atoms with E-state index in [1.54, 1.807) is 12.1 Å². The van der Waals surface area contributed by atoms with Gasteiger partial charge in [0.2, 0.25) is 11.8 Å². The van der Waals surface area contributed by atoms with Crippen LogP contribution in [-0.4, -0.2) is 58.7 Å². The zero-order valence-electron chi connectivity index (χ0n) is 20.1. The van der Waals surface area contributed by atoms with Gasteiger partial charge >= 0.3 is 6.09 Å². The number of nitrogens with one attached hydrogen (secondary N) is 2. The van der Waals surface area contributed by atoms with Crippen LogP contribution in [0.15, 0.2) is 42.5 Å². The summed E-state index contributed by atoms with van der Waals surface area (Å²) in [6.07, 6.45) is 1.81. The molecule has 0 saturated carbocycles. The van der Waals surface area contributed by atoms with Crippen molar-refractivity contribution in [2.45, 2.75) is 50.3 Å². The Morgan fingerprint density at radius 2 is 1.76 bits per heavy atom. The Bertz CT molecular complexity index is 1360. The van der Waals surface area contributed by atoms with Gasteiger partial charge in [0.1, 0.15) is 11.6 Å². The number of fused-ring (bicyclic) bond motifs is 3. The molecule has 0 bridgehead atoms. The summed E-state index contributed by atoms with van der Waals surface area (Å²) in [5, 5.41) is 5.01. The van der Waals surface area contributed by atoms with Crippen LogP contribution in [0.3, 0.4) is 0 Å². The maximum absolute atomic E-state index is 13.4. The Hall–Kier alpha value is -4.05. The summed E-state index contributed by atoms with van der Waals surface area (Å²) < 4.78 is 5.88. The topological polar surface area (TPSA) is 125 Å². The van der Waals surface area contributed by atoms with Gasteiger partial charge in [-0.1, -0.05) is 30.3 Å². The maximum atomic E-state index is 13.4. The van der Waals surface area contributed by atoms with Gasteiger partial charge in [0.05, 0.1) is 16.8 Å². The first-order valence-electron chi connectivity index (χ1n) is 12.5. The number of hydrogen-bond donors (Lipinski definition) is 2. The van der Waals surface area contributed by atoms with Gasteiger partial charge in [-0.15, -0.1) is 0 Å². The lowest BCUT2D eigenvalue weighted by Gasteiger charge is -2.38. The van der Waals surface area contributed by atoms with E-state index < -0.39 is 41.4 Å². The molecule has 0 radical (unpaired) electrons. The number of carbonyl (C=O) groups excluding carboxylic acids is 5. The Kier molecular flexibility index (Phi) is 5.56. The minimum Gasteiger partial charge on any atom is -0.438 e. The molecule has 2 fully saturated rings. The normalized spacial score (nSPS) is 25.8. The van der Waals surface area contributed by atoms with Crippen LogP contribution in [0.2, 0.25) is 0 Å². The number of benzene rings is 2. The molecule has 190 valence electrons. The summed E-state index contributed by atoms with van der Waals surface area (Å²) >= 11 is 0. The van der Waals surface area contributed by atoms with Crippen LogP contribution in [0.25, 0.3) is 0 Å². The molecular formula is C27H26N4O6. The Labute approximate surface area is 212 Å². The molecule has 0 aliphatic carbocycles. The predicted molar refractivity (Wildman–Crippen MR) is 130 cm³/mol. The van der Waals surface area contributed by atoms with Crippen LogP contribution in [0.1, 0.15) is 63.9 Å². The number of ether oxygens (including phenoxy) is 1. The minimum absolute atomic E-state index is 0.0788.